The lowest BCUT2D eigenvalue weighted by atomic mass is 9.70. The van der Waals surface area contributed by atoms with Crippen LogP contribution in [0.3, 0.4) is 0 Å². The summed E-state index contributed by atoms with van der Waals surface area (Å²) >= 11 is 3.63. The zero-order chi connectivity index (χ0) is 22.9. The van der Waals surface area contributed by atoms with E-state index in [4.69, 9.17) is 4.74 Å². The van der Waals surface area contributed by atoms with E-state index in [1.165, 1.54) is 4.90 Å². The molecule has 174 valence electrons. The van der Waals surface area contributed by atoms with Crippen molar-refractivity contribution in [1.82, 2.24) is 15.5 Å². The van der Waals surface area contributed by atoms with E-state index in [2.05, 4.69) is 26.6 Å². The first kappa shape index (κ1) is 23.2. The van der Waals surface area contributed by atoms with Crippen molar-refractivity contribution < 1.29 is 24.2 Å². The van der Waals surface area contributed by atoms with E-state index in [9.17, 15) is 19.5 Å². The van der Waals surface area contributed by atoms with E-state index in [1.807, 2.05) is 37.3 Å². The maximum Gasteiger partial charge on any atom is 0.245 e. The van der Waals surface area contributed by atoms with Crippen LogP contribution in [0.2, 0.25) is 0 Å². The molecule has 0 aliphatic carbocycles. The molecule has 9 heteroatoms. The van der Waals surface area contributed by atoms with E-state index >= 15 is 0 Å². The highest BCUT2D eigenvalue weighted by Crippen LogP contribution is 2.59. The molecule has 1 aromatic carbocycles. The summed E-state index contributed by atoms with van der Waals surface area (Å²) in [6.45, 7) is 2.66. The van der Waals surface area contributed by atoms with E-state index in [0.717, 1.165) is 18.4 Å². The third kappa shape index (κ3) is 3.84. The Bertz CT molecular complexity index is 868. The molecule has 1 aromatic rings. The summed E-state index contributed by atoms with van der Waals surface area (Å²) in [7, 11) is 0. The fourth-order valence-electron chi connectivity index (χ4n) is 5.47. The topological polar surface area (TPSA) is 108 Å². The van der Waals surface area contributed by atoms with Crippen molar-refractivity contribution in [3.63, 3.8) is 0 Å². The second kappa shape index (κ2) is 9.49. The number of carbonyl (C=O) groups excluding carboxylic acids is 3. The number of aliphatic hydroxyl groups excluding tert-OH is 1. The molecule has 3 N–H and O–H groups in total. The summed E-state index contributed by atoms with van der Waals surface area (Å²) in [5, 5.41) is 15.4. The van der Waals surface area contributed by atoms with Crippen LogP contribution < -0.4 is 10.6 Å². The molecule has 3 unspecified atom stereocenters. The van der Waals surface area contributed by atoms with Crippen molar-refractivity contribution in [3.05, 3.63) is 35.9 Å². The number of alkyl halides is 1. The van der Waals surface area contributed by atoms with E-state index < -0.39 is 29.6 Å². The minimum absolute atomic E-state index is 0.0300. The summed E-state index contributed by atoms with van der Waals surface area (Å²) < 4.78 is 6.36. The Morgan fingerprint density at radius 3 is 2.69 bits per heavy atom. The number of hydrogen-bond donors (Lipinski definition) is 3. The molecule has 32 heavy (non-hydrogen) atoms. The van der Waals surface area contributed by atoms with Gasteiger partial charge in [0.15, 0.2) is 0 Å². The van der Waals surface area contributed by atoms with Crippen molar-refractivity contribution >= 4 is 33.7 Å². The SMILES string of the molecule is CCCCNC(=O)C1N(CCO)C(=O)[C@@H]2[C@H](C(=O)NCc3ccccc3)[C@H]3OC12CC3Br. The Hall–Kier alpha value is -1.97. The van der Waals surface area contributed by atoms with E-state index in [-0.39, 0.29) is 35.7 Å². The number of aliphatic hydroxyl groups is 1. The average Bonchev–Trinajstić information content (AvgIpc) is 3.37. The molecule has 3 saturated heterocycles. The number of nitrogens with zero attached hydrogens (tertiary/aromatic N) is 1. The molecule has 8 nitrogen and oxygen atoms in total. The molecular weight excluding hydrogens is 478 g/mol. The molecule has 6 atom stereocenters. The lowest BCUT2D eigenvalue weighted by molar-refractivity contribution is -0.142. The number of amides is 3. The van der Waals surface area contributed by atoms with Gasteiger partial charge in [-0.15, -0.1) is 0 Å². The second-order valence-corrected chi connectivity index (χ2v) is 9.94. The molecule has 2 bridgehead atoms. The van der Waals surface area contributed by atoms with Crippen LogP contribution in [0.15, 0.2) is 30.3 Å². The van der Waals surface area contributed by atoms with Crippen molar-refractivity contribution in [1.29, 1.82) is 0 Å². The molecule has 4 rings (SSSR count). The fourth-order valence-corrected chi connectivity index (χ4v) is 6.41. The number of halogens is 1. The van der Waals surface area contributed by atoms with Crippen molar-refractivity contribution in [3.8, 4) is 0 Å². The van der Waals surface area contributed by atoms with Crippen molar-refractivity contribution in [2.75, 3.05) is 19.7 Å². The first-order valence-corrected chi connectivity index (χ1v) is 12.2. The molecule has 0 aromatic heterocycles. The third-order valence-corrected chi connectivity index (χ3v) is 7.67. The lowest BCUT2D eigenvalue weighted by Gasteiger charge is -2.34. The molecule has 3 aliphatic rings. The van der Waals surface area contributed by atoms with Gasteiger partial charge < -0.3 is 25.4 Å². The minimum Gasteiger partial charge on any atom is -0.395 e. The zero-order valence-electron chi connectivity index (χ0n) is 18.1. The van der Waals surface area contributed by atoms with Crippen LogP contribution in [0, 0.1) is 11.8 Å². The molecule has 3 aliphatic heterocycles. The van der Waals surface area contributed by atoms with E-state index in [1.54, 1.807) is 0 Å². The maximum atomic E-state index is 13.5. The first-order valence-electron chi connectivity index (χ1n) is 11.3. The number of unbranched alkanes of at least 4 members (excludes halogenated alkanes) is 1. The van der Waals surface area contributed by atoms with Crippen LogP contribution in [0.5, 0.6) is 0 Å². The standard InChI is InChI=1S/C23H30BrN3O5/c1-2-3-9-25-21(30)19-23-12-15(24)18(32-23)16(17(23)22(31)27(19)10-11-28)20(29)26-13-14-7-5-4-6-8-14/h4-8,15-19,28H,2-3,9-13H2,1H3,(H,25,30)(H,26,29)/t15?,16-,17-,18-,19?,23?/m0/s1. The quantitative estimate of drug-likeness (QED) is 0.340. The predicted octanol–water partition coefficient (Wildman–Crippen LogP) is 0.959. The van der Waals surface area contributed by atoms with Gasteiger partial charge in [-0.1, -0.05) is 59.6 Å². The van der Waals surface area contributed by atoms with Gasteiger partial charge in [-0.2, -0.15) is 0 Å². The normalized spacial score (nSPS) is 32.8. The van der Waals surface area contributed by atoms with Gasteiger partial charge in [0.1, 0.15) is 11.6 Å². The molecular formula is C23H30BrN3O5. The lowest BCUT2D eigenvalue weighted by Crippen LogP contribution is -2.56. The van der Waals surface area contributed by atoms with E-state index in [0.29, 0.717) is 19.5 Å². The van der Waals surface area contributed by atoms with Gasteiger partial charge in [0.25, 0.3) is 0 Å². The van der Waals surface area contributed by atoms with Crippen LogP contribution in [0.4, 0.5) is 0 Å². The van der Waals surface area contributed by atoms with Gasteiger partial charge in [0.2, 0.25) is 17.7 Å². The summed E-state index contributed by atoms with van der Waals surface area (Å²) in [6.07, 6.45) is 1.74. The third-order valence-electron chi connectivity index (χ3n) is 6.82. The molecule has 0 saturated carbocycles. The number of nitrogens with one attached hydrogen (secondary N) is 2. The highest BCUT2D eigenvalue weighted by atomic mass is 79.9. The molecule has 3 amide bonds. The summed E-state index contributed by atoms with van der Waals surface area (Å²) in [5.74, 6) is -2.27. The predicted molar refractivity (Wildman–Crippen MR) is 121 cm³/mol. The van der Waals surface area contributed by atoms with Crippen molar-refractivity contribution in [2.24, 2.45) is 11.8 Å². The van der Waals surface area contributed by atoms with Gasteiger partial charge in [-0.3, -0.25) is 14.4 Å². The van der Waals surface area contributed by atoms with Crippen LogP contribution in [0.25, 0.3) is 0 Å². The number of carbonyl (C=O) groups is 3. The van der Waals surface area contributed by atoms with Crippen LogP contribution in [0.1, 0.15) is 31.7 Å². The summed E-state index contributed by atoms with van der Waals surface area (Å²) in [5.41, 5.74) is -0.112. The number of hydrogen-bond acceptors (Lipinski definition) is 5. The highest BCUT2D eigenvalue weighted by Gasteiger charge is 2.76. The monoisotopic (exact) mass is 507 g/mol. The Morgan fingerprint density at radius 2 is 2.00 bits per heavy atom. The molecule has 3 fully saturated rings. The first-order chi connectivity index (χ1) is 15.4. The smallest absolute Gasteiger partial charge is 0.245 e. The Kier molecular flexibility index (Phi) is 6.88. The molecule has 0 radical (unpaired) electrons. The summed E-state index contributed by atoms with van der Waals surface area (Å²) in [6, 6.07) is 8.70. The minimum atomic E-state index is -1.07. The number of rotatable bonds is 9. The Labute approximate surface area is 196 Å². The number of benzene rings is 1. The molecule has 3 heterocycles. The van der Waals surface area contributed by atoms with Crippen LogP contribution >= 0.6 is 15.9 Å². The average molecular weight is 508 g/mol. The number of β-amino-alcohol motifs (C(OH)–C–C–N with tert-alkyl or cyclic N) is 1. The highest BCUT2D eigenvalue weighted by molar-refractivity contribution is 9.09. The fraction of sp³-hybridized carbons (Fsp3) is 0.609. The van der Waals surface area contributed by atoms with Crippen LogP contribution in [-0.2, 0) is 25.7 Å². The second-order valence-electron chi connectivity index (χ2n) is 8.77. The van der Waals surface area contributed by atoms with Gasteiger partial charge in [0, 0.05) is 24.5 Å². The maximum absolute atomic E-state index is 13.5. The Balaban J connectivity index is 1.59. The number of likely N-dealkylation sites (tertiary alicyclic amines) is 1. The summed E-state index contributed by atoms with van der Waals surface area (Å²) in [4.78, 5) is 41.2. The van der Waals surface area contributed by atoms with Gasteiger partial charge >= 0.3 is 0 Å². The van der Waals surface area contributed by atoms with Gasteiger partial charge in [0.05, 0.1) is 24.5 Å². The van der Waals surface area contributed by atoms with Gasteiger partial charge in [-0.05, 0) is 18.4 Å². The Morgan fingerprint density at radius 1 is 1.25 bits per heavy atom. The van der Waals surface area contributed by atoms with Crippen LogP contribution in [-0.4, -0.2) is 70.0 Å². The molecule has 1 spiro atoms. The largest absolute Gasteiger partial charge is 0.395 e. The zero-order valence-corrected chi connectivity index (χ0v) is 19.7. The van der Waals surface area contributed by atoms with Gasteiger partial charge in [-0.25, -0.2) is 0 Å². The number of ether oxygens (including phenoxy) is 1. The number of fused-ring (bicyclic) bond motifs is 1. The van der Waals surface area contributed by atoms with Crippen molar-refractivity contribution in [2.45, 2.75) is 55.3 Å².